The van der Waals surface area contributed by atoms with Crippen LogP contribution < -0.4 is 0 Å². The first-order valence-corrected chi connectivity index (χ1v) is 5.67. The van der Waals surface area contributed by atoms with E-state index in [1.807, 2.05) is 0 Å². The first-order valence-electron chi connectivity index (χ1n) is 4.04. The van der Waals surface area contributed by atoms with Gasteiger partial charge in [-0.3, -0.25) is 9.59 Å². The normalized spacial score (nSPS) is 18.6. The van der Waals surface area contributed by atoms with Gasteiger partial charge in [0.25, 0.3) is 0 Å². The van der Waals surface area contributed by atoms with E-state index in [2.05, 4.69) is 10.2 Å². The second-order valence-corrected chi connectivity index (χ2v) is 5.18. The van der Waals surface area contributed by atoms with Crippen molar-refractivity contribution in [2.75, 3.05) is 0 Å². The Hall–Kier alpha value is -0.880. The van der Waals surface area contributed by atoms with Crippen molar-refractivity contribution in [2.24, 2.45) is 0 Å². The molecule has 14 heavy (non-hydrogen) atoms. The number of thioether (sulfide) groups is 2. The van der Waals surface area contributed by atoms with Crippen molar-refractivity contribution >= 4 is 33.8 Å². The molecule has 3 heterocycles. The maximum absolute atomic E-state index is 11.2. The number of hydrogen-bond acceptors (Lipinski definition) is 6. The smallest absolute Gasteiger partial charge is 0.199 e. The molecule has 4 nitrogen and oxygen atoms in total. The van der Waals surface area contributed by atoms with Crippen LogP contribution in [-0.2, 0) is 22.4 Å². The highest BCUT2D eigenvalue weighted by atomic mass is 32.2. The van der Waals surface area contributed by atoms with Gasteiger partial charge in [0.15, 0.2) is 10.2 Å². The van der Waals surface area contributed by atoms with E-state index in [-0.39, 0.29) is 10.2 Å². The first-order chi connectivity index (χ1) is 6.74. The zero-order valence-electron chi connectivity index (χ0n) is 6.94. The van der Waals surface area contributed by atoms with Crippen LogP contribution in [0.25, 0.3) is 0 Å². The van der Waals surface area contributed by atoms with Crippen LogP contribution in [-0.4, -0.2) is 20.4 Å². The van der Waals surface area contributed by atoms with Gasteiger partial charge in [0.1, 0.15) is 5.03 Å². The minimum Gasteiger partial charge on any atom is -0.286 e. The number of fused-ring (bicyclic) bond motifs is 3. The lowest BCUT2D eigenvalue weighted by atomic mass is 10.2. The van der Waals surface area contributed by atoms with Crippen LogP contribution in [0.15, 0.2) is 9.92 Å². The summed E-state index contributed by atoms with van der Waals surface area (Å²) in [5, 5.41) is 8.75. The fraction of sp³-hybridized carbons (Fsp3) is 0.250. The summed E-state index contributed by atoms with van der Waals surface area (Å²) in [4.78, 5) is 23.2. The Labute approximate surface area is 87.9 Å². The maximum atomic E-state index is 11.2. The molecule has 2 aliphatic heterocycles. The second kappa shape index (κ2) is 2.80. The molecule has 0 radical (unpaired) electrons. The topological polar surface area (TPSA) is 59.9 Å². The number of carbonyl (C=O) groups is 2. The summed E-state index contributed by atoms with van der Waals surface area (Å²) in [6.45, 7) is 0. The monoisotopic (exact) mass is 224 g/mol. The molecule has 1 aromatic heterocycles. The number of aromatic nitrogens is 2. The minimum absolute atomic E-state index is 0.0858. The van der Waals surface area contributed by atoms with Crippen LogP contribution in [0.5, 0.6) is 0 Å². The van der Waals surface area contributed by atoms with Gasteiger partial charge in [-0.15, -0.1) is 5.10 Å². The second-order valence-electron chi connectivity index (χ2n) is 3.06. The van der Waals surface area contributed by atoms with Crippen molar-refractivity contribution in [2.45, 2.75) is 22.8 Å². The molecule has 0 bridgehead atoms. The Morgan fingerprint density at radius 3 is 2.64 bits per heavy atom. The predicted octanol–water partition coefficient (Wildman–Crippen LogP) is 0.826. The highest BCUT2D eigenvalue weighted by molar-refractivity contribution is 8.15. The molecule has 70 valence electrons. The van der Waals surface area contributed by atoms with Crippen LogP contribution >= 0.6 is 23.5 Å². The third-order valence-electron chi connectivity index (χ3n) is 2.12. The number of rotatable bonds is 0. The SMILES string of the molecule is O=C1Cc2c(nnc3c2SC(=O)C3)S1. The molecule has 0 saturated carbocycles. The van der Waals surface area contributed by atoms with E-state index >= 15 is 0 Å². The number of carbonyl (C=O) groups excluding carboxylic acids is 2. The van der Waals surface area contributed by atoms with Crippen LogP contribution in [0, 0.1) is 0 Å². The Bertz CT molecular complexity index is 430. The van der Waals surface area contributed by atoms with E-state index in [4.69, 9.17) is 0 Å². The molecule has 0 aliphatic carbocycles. The minimum atomic E-state index is 0.0858. The van der Waals surface area contributed by atoms with E-state index in [9.17, 15) is 9.59 Å². The highest BCUT2D eigenvalue weighted by Crippen LogP contribution is 2.41. The van der Waals surface area contributed by atoms with Gasteiger partial charge in [0.05, 0.1) is 12.1 Å². The lowest BCUT2D eigenvalue weighted by Crippen LogP contribution is -1.97. The molecule has 0 N–H and O–H groups in total. The summed E-state index contributed by atoms with van der Waals surface area (Å²) in [5.74, 6) is 0. The fourth-order valence-electron chi connectivity index (χ4n) is 1.53. The largest absolute Gasteiger partial charge is 0.286 e. The number of nitrogens with zero attached hydrogens (tertiary/aromatic N) is 2. The molecule has 0 amide bonds. The Morgan fingerprint density at radius 1 is 1.00 bits per heavy atom. The molecular formula is C8H4N2O2S2. The Kier molecular flexibility index (Phi) is 1.69. The van der Waals surface area contributed by atoms with Crippen molar-refractivity contribution < 1.29 is 9.59 Å². The highest BCUT2D eigenvalue weighted by Gasteiger charge is 2.32. The molecule has 0 spiro atoms. The molecule has 6 heteroatoms. The molecule has 2 aliphatic rings. The first kappa shape index (κ1) is 8.43. The average Bonchev–Trinajstić information content (AvgIpc) is 2.65. The van der Waals surface area contributed by atoms with Gasteiger partial charge in [0.2, 0.25) is 0 Å². The Morgan fingerprint density at radius 2 is 1.79 bits per heavy atom. The molecule has 3 rings (SSSR count). The third-order valence-corrected chi connectivity index (χ3v) is 4.07. The summed E-state index contributed by atoms with van der Waals surface area (Å²) < 4.78 is 0. The van der Waals surface area contributed by atoms with Gasteiger partial charge in [-0.05, 0) is 23.5 Å². The predicted molar refractivity (Wildman–Crippen MR) is 51.2 cm³/mol. The van der Waals surface area contributed by atoms with Gasteiger partial charge in [-0.2, -0.15) is 5.10 Å². The van der Waals surface area contributed by atoms with Gasteiger partial charge >= 0.3 is 0 Å². The Balaban J connectivity index is 2.19. The van der Waals surface area contributed by atoms with Gasteiger partial charge in [-0.25, -0.2) is 0 Å². The van der Waals surface area contributed by atoms with Crippen LogP contribution in [0.3, 0.4) is 0 Å². The standard InChI is InChI=1S/C8H4N2O2S2/c11-5-1-3-7-4(2-6(12)13-7)9-10-8(3)14-5/h1-2H2. The molecule has 0 saturated heterocycles. The van der Waals surface area contributed by atoms with Crippen LogP contribution in [0.1, 0.15) is 11.3 Å². The van der Waals surface area contributed by atoms with E-state index in [0.717, 1.165) is 27.9 Å². The van der Waals surface area contributed by atoms with Gasteiger partial charge in [-0.1, -0.05) is 0 Å². The fourth-order valence-corrected chi connectivity index (χ4v) is 3.37. The van der Waals surface area contributed by atoms with E-state index in [0.29, 0.717) is 17.9 Å². The summed E-state index contributed by atoms with van der Waals surface area (Å²) in [7, 11) is 0. The van der Waals surface area contributed by atoms with Crippen molar-refractivity contribution in [1.29, 1.82) is 0 Å². The molecule has 1 aromatic rings. The van der Waals surface area contributed by atoms with Gasteiger partial charge < -0.3 is 0 Å². The molecule has 0 unspecified atom stereocenters. The quantitative estimate of drug-likeness (QED) is 0.650. The van der Waals surface area contributed by atoms with Crippen LogP contribution in [0.4, 0.5) is 0 Å². The molecule has 0 atom stereocenters. The van der Waals surface area contributed by atoms with E-state index in [1.165, 1.54) is 11.8 Å². The van der Waals surface area contributed by atoms with Crippen molar-refractivity contribution in [1.82, 2.24) is 10.2 Å². The van der Waals surface area contributed by atoms with E-state index in [1.54, 1.807) is 0 Å². The zero-order valence-corrected chi connectivity index (χ0v) is 8.57. The third kappa shape index (κ3) is 1.10. The molecule has 0 aromatic carbocycles. The van der Waals surface area contributed by atoms with Crippen molar-refractivity contribution in [3.63, 3.8) is 0 Å². The lowest BCUT2D eigenvalue weighted by Gasteiger charge is -1.99. The maximum Gasteiger partial charge on any atom is 0.199 e. The van der Waals surface area contributed by atoms with E-state index < -0.39 is 0 Å². The number of hydrogen-bond donors (Lipinski definition) is 0. The lowest BCUT2D eigenvalue weighted by molar-refractivity contribution is -0.111. The zero-order chi connectivity index (χ0) is 9.71. The van der Waals surface area contributed by atoms with Crippen molar-refractivity contribution in [3.8, 4) is 0 Å². The van der Waals surface area contributed by atoms with Crippen LogP contribution in [0.2, 0.25) is 0 Å². The summed E-state index contributed by atoms with van der Waals surface area (Å²) in [5.41, 5.74) is 1.63. The molecule has 0 fully saturated rings. The van der Waals surface area contributed by atoms with Crippen molar-refractivity contribution in [3.05, 3.63) is 11.3 Å². The summed E-state index contributed by atoms with van der Waals surface area (Å²) >= 11 is 2.31. The molecular weight excluding hydrogens is 220 g/mol. The average molecular weight is 224 g/mol. The van der Waals surface area contributed by atoms with Gasteiger partial charge in [0, 0.05) is 16.9 Å². The summed E-state index contributed by atoms with van der Waals surface area (Å²) in [6, 6.07) is 0. The summed E-state index contributed by atoms with van der Waals surface area (Å²) in [6.07, 6.45) is 0.733.